The van der Waals surface area contributed by atoms with Crippen LogP contribution in [0.1, 0.15) is 12.8 Å². The zero-order chi connectivity index (χ0) is 21.2. The number of hydrogen-bond donors (Lipinski definition) is 2. The number of hydrogen-bond acceptors (Lipinski definition) is 8. The van der Waals surface area contributed by atoms with Crippen molar-refractivity contribution in [3.63, 3.8) is 0 Å². The SMILES string of the molecule is CNC(=O)Cn1cc(Nc2ncc(Cl)c(N(C)[C@H]3CCCN3S(C)(=O)=O)n2)cn1. The van der Waals surface area contributed by atoms with Gasteiger partial charge in [-0.2, -0.15) is 14.4 Å². The molecule has 0 radical (unpaired) electrons. The van der Waals surface area contributed by atoms with Crippen LogP contribution in [0.15, 0.2) is 18.6 Å². The van der Waals surface area contributed by atoms with Crippen molar-refractivity contribution in [2.24, 2.45) is 0 Å². The van der Waals surface area contributed by atoms with Crippen molar-refractivity contribution in [3.05, 3.63) is 23.6 Å². The molecule has 29 heavy (non-hydrogen) atoms. The van der Waals surface area contributed by atoms with Crippen molar-refractivity contribution in [2.75, 3.05) is 37.1 Å². The molecule has 2 aromatic rings. The molecule has 3 rings (SSSR count). The Kier molecular flexibility index (Phi) is 6.24. The van der Waals surface area contributed by atoms with Crippen LogP contribution in [-0.4, -0.2) is 71.4 Å². The van der Waals surface area contributed by atoms with Crippen LogP contribution in [0.4, 0.5) is 17.5 Å². The van der Waals surface area contributed by atoms with Crippen molar-refractivity contribution >= 4 is 45.0 Å². The Morgan fingerprint density at radius 2 is 2.17 bits per heavy atom. The Morgan fingerprint density at radius 1 is 1.41 bits per heavy atom. The summed E-state index contributed by atoms with van der Waals surface area (Å²) in [5.74, 6) is 0.528. The lowest BCUT2D eigenvalue weighted by atomic mass is 10.3. The van der Waals surface area contributed by atoms with Crippen LogP contribution < -0.4 is 15.5 Å². The Bertz CT molecular complexity index is 996. The van der Waals surface area contributed by atoms with Gasteiger partial charge in [-0.1, -0.05) is 11.6 Å². The average Bonchev–Trinajstić information content (AvgIpc) is 3.32. The molecule has 0 aromatic carbocycles. The lowest BCUT2D eigenvalue weighted by Gasteiger charge is -2.32. The number of aromatic nitrogens is 4. The highest BCUT2D eigenvalue weighted by Crippen LogP contribution is 2.30. The van der Waals surface area contributed by atoms with Crippen molar-refractivity contribution in [1.82, 2.24) is 29.4 Å². The standard InChI is InChI=1S/C16H23ClN8O3S/c1-18-13(26)10-24-9-11(7-20-24)21-16-19-8-12(17)15(22-16)23(2)14-5-4-6-25(14)29(3,27)28/h7-9,14H,4-6,10H2,1-3H3,(H,18,26)(H,19,21,22)/t14-/m1/s1. The summed E-state index contributed by atoms with van der Waals surface area (Å²) >= 11 is 6.29. The smallest absolute Gasteiger partial charge is 0.241 e. The van der Waals surface area contributed by atoms with Gasteiger partial charge in [-0.3, -0.25) is 9.48 Å². The Hall–Kier alpha value is -2.44. The molecule has 2 aromatic heterocycles. The van der Waals surface area contributed by atoms with Gasteiger partial charge in [-0.05, 0) is 12.8 Å². The molecule has 3 heterocycles. The number of likely N-dealkylation sites (N-methyl/N-ethyl adjacent to an activating group) is 1. The fourth-order valence-corrected chi connectivity index (χ4v) is 4.55. The van der Waals surface area contributed by atoms with E-state index in [9.17, 15) is 13.2 Å². The Morgan fingerprint density at radius 3 is 2.86 bits per heavy atom. The first kappa shape index (κ1) is 21.3. The summed E-state index contributed by atoms with van der Waals surface area (Å²) in [6.45, 7) is 0.558. The molecule has 158 valence electrons. The fourth-order valence-electron chi connectivity index (χ4n) is 3.17. The Balaban J connectivity index is 1.79. The quantitative estimate of drug-likeness (QED) is 0.639. The van der Waals surface area contributed by atoms with Crippen LogP contribution in [0, 0.1) is 0 Å². The summed E-state index contributed by atoms with van der Waals surface area (Å²) < 4.78 is 27.0. The number of rotatable bonds is 7. The fraction of sp³-hybridized carbons (Fsp3) is 0.500. The normalized spacial score (nSPS) is 17.3. The monoisotopic (exact) mass is 442 g/mol. The average molecular weight is 443 g/mol. The number of anilines is 3. The van der Waals surface area contributed by atoms with Gasteiger partial charge >= 0.3 is 0 Å². The minimum absolute atomic E-state index is 0.0939. The van der Waals surface area contributed by atoms with Gasteiger partial charge in [0.1, 0.15) is 11.6 Å². The molecule has 1 fully saturated rings. The first-order valence-corrected chi connectivity index (χ1v) is 11.1. The third-order valence-electron chi connectivity index (χ3n) is 4.58. The number of halogens is 1. The lowest BCUT2D eigenvalue weighted by molar-refractivity contribution is -0.121. The predicted octanol–water partition coefficient (Wildman–Crippen LogP) is 0.634. The second-order valence-corrected chi connectivity index (χ2v) is 9.04. The van der Waals surface area contributed by atoms with E-state index in [-0.39, 0.29) is 24.6 Å². The number of carbonyl (C=O) groups is 1. The van der Waals surface area contributed by atoms with Crippen LogP contribution in [0.2, 0.25) is 5.02 Å². The van der Waals surface area contributed by atoms with Crippen LogP contribution in [-0.2, 0) is 21.4 Å². The van der Waals surface area contributed by atoms with Crippen LogP contribution in [0.25, 0.3) is 0 Å². The summed E-state index contributed by atoms with van der Waals surface area (Å²) in [4.78, 5) is 21.8. The largest absolute Gasteiger partial charge is 0.358 e. The maximum Gasteiger partial charge on any atom is 0.241 e. The molecule has 11 nitrogen and oxygen atoms in total. The van der Waals surface area contributed by atoms with Crippen molar-refractivity contribution in [1.29, 1.82) is 0 Å². The molecular formula is C16H23ClN8O3S. The molecule has 2 N–H and O–H groups in total. The Labute approximate surface area is 174 Å². The van der Waals surface area contributed by atoms with Gasteiger partial charge in [0.25, 0.3) is 0 Å². The van der Waals surface area contributed by atoms with E-state index >= 15 is 0 Å². The molecule has 0 aliphatic carbocycles. The van der Waals surface area contributed by atoms with Gasteiger partial charge in [0.05, 0.1) is 30.5 Å². The van der Waals surface area contributed by atoms with Crippen molar-refractivity contribution in [2.45, 2.75) is 25.6 Å². The van der Waals surface area contributed by atoms with E-state index in [0.29, 0.717) is 29.5 Å². The number of nitrogens with zero attached hydrogens (tertiary/aromatic N) is 6. The second kappa shape index (κ2) is 8.51. The predicted molar refractivity (Wildman–Crippen MR) is 110 cm³/mol. The number of carbonyl (C=O) groups excluding carboxylic acids is 1. The molecule has 1 aliphatic rings. The van der Waals surface area contributed by atoms with E-state index in [0.717, 1.165) is 6.42 Å². The first-order valence-electron chi connectivity index (χ1n) is 8.91. The molecule has 1 atom stereocenters. The molecule has 0 bridgehead atoms. The van der Waals surface area contributed by atoms with Gasteiger partial charge in [0.15, 0.2) is 5.82 Å². The molecule has 1 saturated heterocycles. The zero-order valence-electron chi connectivity index (χ0n) is 16.3. The number of amides is 1. The minimum atomic E-state index is -3.34. The van der Waals surface area contributed by atoms with Gasteiger partial charge < -0.3 is 15.5 Å². The van der Waals surface area contributed by atoms with Crippen LogP contribution in [0.3, 0.4) is 0 Å². The maximum absolute atomic E-state index is 12.1. The molecule has 1 amide bonds. The van der Waals surface area contributed by atoms with Crippen LogP contribution >= 0.6 is 11.6 Å². The van der Waals surface area contributed by atoms with Crippen molar-refractivity contribution < 1.29 is 13.2 Å². The second-order valence-electron chi connectivity index (χ2n) is 6.70. The lowest BCUT2D eigenvalue weighted by Crippen LogP contribution is -2.45. The van der Waals surface area contributed by atoms with E-state index in [1.165, 1.54) is 21.4 Å². The summed E-state index contributed by atoms with van der Waals surface area (Å²) in [7, 11) is -0.0270. The molecule has 0 spiro atoms. The first-order chi connectivity index (χ1) is 13.7. The molecule has 1 aliphatic heterocycles. The maximum atomic E-state index is 12.1. The van der Waals surface area contributed by atoms with Gasteiger partial charge in [0.2, 0.25) is 21.9 Å². The summed E-state index contributed by atoms with van der Waals surface area (Å²) in [5.41, 5.74) is 0.600. The van der Waals surface area contributed by atoms with Gasteiger partial charge in [-0.15, -0.1) is 0 Å². The summed E-state index contributed by atoms with van der Waals surface area (Å²) in [6.07, 6.45) is 6.94. The minimum Gasteiger partial charge on any atom is -0.358 e. The molecular weight excluding hydrogens is 420 g/mol. The third kappa shape index (κ3) is 4.95. The van der Waals surface area contributed by atoms with Gasteiger partial charge in [-0.25, -0.2) is 13.4 Å². The summed E-state index contributed by atoms with van der Waals surface area (Å²) in [5, 5.41) is 9.96. The molecule has 13 heteroatoms. The third-order valence-corrected chi connectivity index (χ3v) is 6.12. The topological polar surface area (TPSA) is 125 Å². The van der Waals surface area contributed by atoms with E-state index in [4.69, 9.17) is 11.6 Å². The molecule has 0 unspecified atom stereocenters. The number of nitrogens with one attached hydrogen (secondary N) is 2. The van der Waals surface area contributed by atoms with Gasteiger partial charge in [0, 0.05) is 26.8 Å². The number of sulfonamides is 1. The van der Waals surface area contributed by atoms with E-state index in [1.807, 2.05) is 0 Å². The van der Waals surface area contributed by atoms with E-state index in [1.54, 1.807) is 31.4 Å². The highest BCUT2D eigenvalue weighted by atomic mass is 35.5. The van der Waals surface area contributed by atoms with Crippen LogP contribution in [0.5, 0.6) is 0 Å². The highest BCUT2D eigenvalue weighted by molar-refractivity contribution is 7.88. The molecule has 0 saturated carbocycles. The highest BCUT2D eigenvalue weighted by Gasteiger charge is 2.35. The van der Waals surface area contributed by atoms with Crippen molar-refractivity contribution in [3.8, 4) is 0 Å². The van der Waals surface area contributed by atoms with E-state index in [2.05, 4.69) is 25.7 Å². The van der Waals surface area contributed by atoms with E-state index < -0.39 is 10.0 Å². The zero-order valence-corrected chi connectivity index (χ0v) is 17.9. The summed E-state index contributed by atoms with van der Waals surface area (Å²) in [6, 6.07) is 0.